The predicted octanol–water partition coefficient (Wildman–Crippen LogP) is 4.73. The number of anilines is 1. The van der Waals surface area contributed by atoms with Crippen LogP contribution in [0.15, 0.2) is 53.7 Å². The van der Waals surface area contributed by atoms with E-state index in [4.69, 9.17) is 4.98 Å². The molecule has 0 saturated carbocycles. The van der Waals surface area contributed by atoms with E-state index in [1.165, 1.54) is 11.8 Å². The summed E-state index contributed by atoms with van der Waals surface area (Å²) in [5, 5.41) is 3.88. The number of para-hydroxylation sites is 3. The number of fused-ring (bicyclic) bond motifs is 1. The molecule has 0 bridgehead atoms. The van der Waals surface area contributed by atoms with Gasteiger partial charge in [0, 0.05) is 12.2 Å². The van der Waals surface area contributed by atoms with Crippen LogP contribution in [0, 0.1) is 12.8 Å². The molecule has 130 valence electrons. The van der Waals surface area contributed by atoms with Gasteiger partial charge in [-0.2, -0.15) is 0 Å². The van der Waals surface area contributed by atoms with Gasteiger partial charge in [-0.15, -0.1) is 0 Å². The Morgan fingerprint density at radius 2 is 1.88 bits per heavy atom. The van der Waals surface area contributed by atoms with E-state index in [1.807, 2.05) is 49.4 Å². The Labute approximate surface area is 152 Å². The van der Waals surface area contributed by atoms with Gasteiger partial charge in [0.1, 0.15) is 0 Å². The number of nitrogens with zero attached hydrogens (tertiary/aromatic N) is 2. The van der Waals surface area contributed by atoms with E-state index in [9.17, 15) is 4.79 Å². The predicted molar refractivity (Wildman–Crippen MR) is 105 cm³/mol. The highest BCUT2D eigenvalue weighted by atomic mass is 32.2. The number of carbonyl (C=O) groups excluding carboxylic acids is 1. The molecule has 0 unspecified atom stereocenters. The smallest absolute Gasteiger partial charge is 0.234 e. The van der Waals surface area contributed by atoms with Crippen LogP contribution in [0.2, 0.25) is 0 Å². The molecule has 5 heteroatoms. The maximum Gasteiger partial charge on any atom is 0.234 e. The molecule has 1 amide bonds. The zero-order chi connectivity index (χ0) is 17.8. The van der Waals surface area contributed by atoms with Crippen molar-refractivity contribution in [1.29, 1.82) is 0 Å². The average Bonchev–Trinajstić information content (AvgIpc) is 2.92. The maximum absolute atomic E-state index is 12.3. The monoisotopic (exact) mass is 353 g/mol. The Morgan fingerprint density at radius 1 is 1.16 bits per heavy atom. The molecule has 3 rings (SSSR count). The van der Waals surface area contributed by atoms with Gasteiger partial charge < -0.3 is 9.88 Å². The topological polar surface area (TPSA) is 46.9 Å². The van der Waals surface area contributed by atoms with E-state index in [-0.39, 0.29) is 5.91 Å². The number of carbonyl (C=O) groups is 1. The number of thioether (sulfide) groups is 1. The maximum atomic E-state index is 12.3. The normalized spacial score (nSPS) is 11.2. The van der Waals surface area contributed by atoms with Gasteiger partial charge in [0.05, 0.1) is 16.8 Å². The number of amides is 1. The zero-order valence-electron chi connectivity index (χ0n) is 14.8. The van der Waals surface area contributed by atoms with Gasteiger partial charge in [-0.1, -0.05) is 55.9 Å². The van der Waals surface area contributed by atoms with Gasteiger partial charge in [-0.3, -0.25) is 4.79 Å². The summed E-state index contributed by atoms with van der Waals surface area (Å²) in [5.74, 6) is 0.843. The fourth-order valence-corrected chi connectivity index (χ4v) is 3.56. The van der Waals surface area contributed by atoms with E-state index in [0.29, 0.717) is 11.7 Å². The molecule has 0 spiro atoms. The SMILES string of the molecule is Cc1ccccc1NC(=O)CSc1nc2ccccc2n1CC(C)C. The molecule has 0 saturated heterocycles. The van der Waals surface area contributed by atoms with Crippen molar-refractivity contribution in [3.05, 3.63) is 54.1 Å². The van der Waals surface area contributed by atoms with Gasteiger partial charge in [0.2, 0.25) is 5.91 Å². The molecule has 25 heavy (non-hydrogen) atoms. The number of hydrogen-bond acceptors (Lipinski definition) is 3. The van der Waals surface area contributed by atoms with E-state index >= 15 is 0 Å². The zero-order valence-corrected chi connectivity index (χ0v) is 15.6. The van der Waals surface area contributed by atoms with E-state index in [2.05, 4.69) is 29.8 Å². The average molecular weight is 353 g/mol. The summed E-state index contributed by atoms with van der Waals surface area (Å²) < 4.78 is 2.21. The largest absolute Gasteiger partial charge is 0.325 e. The van der Waals surface area contributed by atoms with Crippen LogP contribution in [0.25, 0.3) is 11.0 Å². The first-order valence-electron chi connectivity index (χ1n) is 8.48. The summed E-state index contributed by atoms with van der Waals surface area (Å²) in [7, 11) is 0. The fraction of sp³-hybridized carbons (Fsp3) is 0.300. The van der Waals surface area contributed by atoms with Crippen molar-refractivity contribution >= 4 is 34.4 Å². The summed E-state index contributed by atoms with van der Waals surface area (Å²) in [6.07, 6.45) is 0. The van der Waals surface area contributed by atoms with Crippen molar-refractivity contribution in [2.45, 2.75) is 32.5 Å². The molecule has 1 aromatic heterocycles. The second-order valence-corrected chi connectivity index (χ2v) is 7.48. The van der Waals surface area contributed by atoms with Crippen LogP contribution < -0.4 is 5.32 Å². The summed E-state index contributed by atoms with van der Waals surface area (Å²) >= 11 is 1.49. The molecule has 0 aliphatic carbocycles. The Morgan fingerprint density at radius 3 is 2.64 bits per heavy atom. The second-order valence-electron chi connectivity index (χ2n) is 6.54. The Balaban J connectivity index is 1.74. The van der Waals surface area contributed by atoms with Crippen LogP contribution >= 0.6 is 11.8 Å². The van der Waals surface area contributed by atoms with Crippen molar-refractivity contribution in [2.75, 3.05) is 11.1 Å². The number of hydrogen-bond donors (Lipinski definition) is 1. The second kappa shape index (κ2) is 7.74. The molecule has 0 aliphatic rings. The number of rotatable bonds is 6. The van der Waals surface area contributed by atoms with Crippen LogP contribution in [0.4, 0.5) is 5.69 Å². The first-order valence-corrected chi connectivity index (χ1v) is 9.46. The van der Waals surface area contributed by atoms with Crippen molar-refractivity contribution < 1.29 is 4.79 Å². The molecule has 1 heterocycles. The minimum Gasteiger partial charge on any atom is -0.325 e. The van der Waals surface area contributed by atoms with Crippen molar-refractivity contribution in [1.82, 2.24) is 9.55 Å². The van der Waals surface area contributed by atoms with Gasteiger partial charge in [0.25, 0.3) is 0 Å². The van der Waals surface area contributed by atoms with E-state index in [1.54, 1.807) is 0 Å². The number of imidazole rings is 1. The Hall–Kier alpha value is -2.27. The minimum absolute atomic E-state index is 0.0116. The molecular weight excluding hydrogens is 330 g/mol. The van der Waals surface area contributed by atoms with Crippen molar-refractivity contribution in [3.63, 3.8) is 0 Å². The third kappa shape index (κ3) is 4.23. The number of nitrogens with one attached hydrogen (secondary N) is 1. The molecule has 0 atom stereocenters. The molecule has 3 aromatic rings. The molecule has 0 radical (unpaired) electrons. The summed E-state index contributed by atoms with van der Waals surface area (Å²) in [6, 6.07) is 15.9. The third-order valence-electron chi connectivity index (χ3n) is 3.92. The molecule has 0 fully saturated rings. The lowest BCUT2D eigenvalue weighted by Gasteiger charge is -2.11. The van der Waals surface area contributed by atoms with Crippen LogP contribution in [-0.4, -0.2) is 21.2 Å². The highest BCUT2D eigenvalue weighted by molar-refractivity contribution is 7.99. The van der Waals surface area contributed by atoms with Crippen molar-refractivity contribution in [3.8, 4) is 0 Å². The Bertz CT molecular complexity index is 886. The first kappa shape index (κ1) is 17.5. The van der Waals surface area contributed by atoms with Crippen molar-refractivity contribution in [2.24, 2.45) is 5.92 Å². The highest BCUT2D eigenvalue weighted by Crippen LogP contribution is 2.25. The summed E-state index contributed by atoms with van der Waals surface area (Å²) in [4.78, 5) is 17.0. The van der Waals surface area contributed by atoms with Gasteiger partial charge in [-0.25, -0.2) is 4.98 Å². The number of benzene rings is 2. The Kier molecular flexibility index (Phi) is 5.43. The molecule has 0 aliphatic heterocycles. The lowest BCUT2D eigenvalue weighted by Crippen LogP contribution is -2.15. The molecular formula is C20H23N3OS. The highest BCUT2D eigenvalue weighted by Gasteiger charge is 2.14. The van der Waals surface area contributed by atoms with Gasteiger partial charge in [0.15, 0.2) is 5.16 Å². The molecule has 2 aromatic carbocycles. The van der Waals surface area contributed by atoms with Gasteiger partial charge in [-0.05, 0) is 36.6 Å². The number of aromatic nitrogens is 2. The summed E-state index contributed by atoms with van der Waals surface area (Å²) in [5.41, 5.74) is 4.03. The quantitative estimate of drug-likeness (QED) is 0.652. The third-order valence-corrected chi connectivity index (χ3v) is 4.90. The van der Waals surface area contributed by atoms with E-state index in [0.717, 1.165) is 34.0 Å². The van der Waals surface area contributed by atoms with Crippen LogP contribution in [-0.2, 0) is 11.3 Å². The number of aryl methyl sites for hydroxylation is 1. The standard InChI is InChI=1S/C20H23N3OS/c1-14(2)12-23-18-11-7-6-10-17(18)22-20(23)25-13-19(24)21-16-9-5-4-8-15(16)3/h4-11,14H,12-13H2,1-3H3,(H,21,24). The molecule has 4 nitrogen and oxygen atoms in total. The van der Waals surface area contributed by atoms with E-state index < -0.39 is 0 Å². The first-order chi connectivity index (χ1) is 12.0. The lowest BCUT2D eigenvalue weighted by atomic mass is 10.2. The van der Waals surface area contributed by atoms with Gasteiger partial charge >= 0.3 is 0 Å². The minimum atomic E-state index is -0.0116. The van der Waals surface area contributed by atoms with Crippen LogP contribution in [0.1, 0.15) is 19.4 Å². The van der Waals surface area contributed by atoms with Crippen LogP contribution in [0.3, 0.4) is 0 Å². The fourth-order valence-electron chi connectivity index (χ4n) is 2.73. The lowest BCUT2D eigenvalue weighted by molar-refractivity contribution is -0.113. The van der Waals surface area contributed by atoms with Crippen LogP contribution in [0.5, 0.6) is 0 Å². The summed E-state index contributed by atoms with van der Waals surface area (Å²) in [6.45, 7) is 7.26. The molecule has 1 N–H and O–H groups in total.